The van der Waals surface area contributed by atoms with Crippen molar-refractivity contribution in [3.05, 3.63) is 76.9 Å². The first-order valence-corrected chi connectivity index (χ1v) is 13.1. The van der Waals surface area contributed by atoms with E-state index in [2.05, 4.69) is 5.32 Å². The van der Waals surface area contributed by atoms with Crippen molar-refractivity contribution in [2.45, 2.75) is 15.9 Å². The fourth-order valence-corrected chi connectivity index (χ4v) is 5.76. The number of sulfone groups is 1. The van der Waals surface area contributed by atoms with Crippen molar-refractivity contribution in [3.63, 3.8) is 0 Å². The topological polar surface area (TPSA) is 190 Å². The lowest BCUT2D eigenvalue weighted by Crippen LogP contribution is -2.23. The molecular formula is C22H21N3O7S2. The number of ketones is 1. The molecule has 0 aromatic heterocycles. The van der Waals surface area contributed by atoms with Crippen molar-refractivity contribution in [1.82, 2.24) is 0 Å². The molecule has 0 saturated heterocycles. The van der Waals surface area contributed by atoms with Gasteiger partial charge in [0.15, 0.2) is 15.6 Å². The van der Waals surface area contributed by atoms with E-state index in [1.807, 2.05) is 0 Å². The molecule has 0 heterocycles. The zero-order chi connectivity index (χ0) is 24.8. The van der Waals surface area contributed by atoms with Gasteiger partial charge < -0.3 is 21.9 Å². The Bertz CT molecular complexity index is 1530. The van der Waals surface area contributed by atoms with Gasteiger partial charge in [-0.1, -0.05) is 30.3 Å². The molecule has 1 unspecified atom stereocenters. The quantitative estimate of drug-likeness (QED) is 0.244. The minimum absolute atomic E-state index is 0.0287. The van der Waals surface area contributed by atoms with E-state index in [4.69, 9.17) is 11.5 Å². The summed E-state index contributed by atoms with van der Waals surface area (Å²) in [7, 11) is -8.50. The van der Waals surface area contributed by atoms with E-state index in [0.717, 1.165) is 6.07 Å². The number of nitrogens with one attached hydrogen (secondary N) is 1. The average molecular weight is 504 g/mol. The number of anilines is 3. The van der Waals surface area contributed by atoms with Gasteiger partial charge in [-0.2, -0.15) is 8.42 Å². The van der Waals surface area contributed by atoms with Crippen LogP contribution >= 0.6 is 0 Å². The highest BCUT2D eigenvalue weighted by Crippen LogP contribution is 2.44. The number of benzene rings is 3. The molecule has 3 aromatic rings. The van der Waals surface area contributed by atoms with Gasteiger partial charge in [0.05, 0.1) is 27.6 Å². The number of fused-ring (bicyclic) bond motifs is 2. The zero-order valence-corrected chi connectivity index (χ0v) is 19.2. The third-order valence-corrected chi connectivity index (χ3v) is 8.15. The van der Waals surface area contributed by atoms with Crippen molar-refractivity contribution in [2.24, 2.45) is 5.73 Å². The highest BCUT2D eigenvalue weighted by Gasteiger charge is 2.36. The van der Waals surface area contributed by atoms with Gasteiger partial charge in [0.1, 0.15) is 11.0 Å². The summed E-state index contributed by atoms with van der Waals surface area (Å²) in [5.74, 6) is -0.805. The first-order chi connectivity index (χ1) is 16.0. The number of rotatable bonds is 6. The fraction of sp³-hybridized carbons (Fsp3) is 0.136. The highest BCUT2D eigenvalue weighted by atomic mass is 32.2. The summed E-state index contributed by atoms with van der Waals surface area (Å²) < 4.78 is 58.6. The van der Waals surface area contributed by atoms with Crippen molar-refractivity contribution in [1.29, 1.82) is 0 Å². The molecule has 0 bridgehead atoms. The van der Waals surface area contributed by atoms with E-state index in [9.17, 15) is 31.3 Å². The lowest BCUT2D eigenvalue weighted by molar-refractivity contribution is 0.102. The second-order valence-electron chi connectivity index (χ2n) is 7.68. The number of aliphatic hydroxyl groups is 1. The van der Waals surface area contributed by atoms with Crippen LogP contribution in [-0.4, -0.2) is 44.6 Å². The summed E-state index contributed by atoms with van der Waals surface area (Å²) in [6, 6.07) is 12.9. The van der Waals surface area contributed by atoms with Gasteiger partial charge >= 0.3 is 0 Å². The Morgan fingerprint density at radius 3 is 2.38 bits per heavy atom. The molecule has 0 radical (unpaired) electrons. The van der Waals surface area contributed by atoms with E-state index in [-0.39, 0.29) is 50.8 Å². The molecule has 34 heavy (non-hydrogen) atoms. The lowest BCUT2D eigenvalue weighted by atomic mass is 9.81. The maximum absolute atomic E-state index is 13.4. The maximum atomic E-state index is 13.4. The van der Waals surface area contributed by atoms with Crippen molar-refractivity contribution < 1.29 is 31.3 Å². The molecule has 3 aromatic carbocycles. The normalized spacial score (nSPS) is 15.5. The van der Waals surface area contributed by atoms with E-state index < -0.39 is 42.4 Å². The summed E-state index contributed by atoms with van der Waals surface area (Å²) in [4.78, 5) is 12.6. The van der Waals surface area contributed by atoms with Gasteiger partial charge in [-0.3, -0.25) is 9.35 Å². The summed E-state index contributed by atoms with van der Waals surface area (Å²) >= 11 is 0. The molecule has 0 saturated carbocycles. The second-order valence-corrected chi connectivity index (χ2v) is 11.2. The van der Waals surface area contributed by atoms with Crippen molar-refractivity contribution >= 4 is 42.8 Å². The van der Waals surface area contributed by atoms with Crippen LogP contribution in [0.3, 0.4) is 0 Å². The molecular weight excluding hydrogens is 482 g/mol. The van der Waals surface area contributed by atoms with Crippen LogP contribution in [0.5, 0.6) is 0 Å². The minimum Gasteiger partial charge on any atom is -0.397 e. The molecule has 10 nitrogen and oxygen atoms in total. The van der Waals surface area contributed by atoms with Crippen LogP contribution in [-0.2, 0) is 20.0 Å². The first kappa shape index (κ1) is 23.9. The van der Waals surface area contributed by atoms with Crippen LogP contribution in [0.15, 0.2) is 64.4 Å². The number of carbonyl (C=O) groups is 1. The number of hydrogen-bond donors (Lipinski definition) is 5. The predicted molar refractivity (Wildman–Crippen MR) is 125 cm³/mol. The third kappa shape index (κ3) is 4.06. The summed E-state index contributed by atoms with van der Waals surface area (Å²) in [5, 5.41) is 13.8. The van der Waals surface area contributed by atoms with Gasteiger partial charge in [0, 0.05) is 23.4 Å². The minimum atomic E-state index is -4.84. The van der Waals surface area contributed by atoms with Crippen LogP contribution in [0, 0.1) is 0 Å². The van der Waals surface area contributed by atoms with E-state index in [1.165, 1.54) is 36.4 Å². The van der Waals surface area contributed by atoms with Crippen LogP contribution in [0.25, 0.3) is 0 Å². The number of hydrogen-bond acceptors (Lipinski definition) is 9. The second kappa shape index (κ2) is 8.49. The van der Waals surface area contributed by atoms with Crippen molar-refractivity contribution in [3.8, 4) is 0 Å². The Kier molecular flexibility index (Phi) is 5.96. The number of carbonyl (C=O) groups excluding carboxylic acids is 1. The standard InChI is InChI=1S/C22H21N3O7S2/c23-8-9-33(28,29)13-5-3-4-12(10-13)25-16-11-17(34(30,31)32)20(24)19-18(16)21(26)14-6-1-2-7-15(14)22(19)27/h1-7,10-11,22,25,27H,8-9,23-24H2,(H,30,31,32). The Labute approximate surface area is 195 Å². The number of nitrogens with two attached hydrogens (primary N) is 2. The van der Waals surface area contributed by atoms with Gasteiger partial charge in [0.25, 0.3) is 10.1 Å². The van der Waals surface area contributed by atoms with Gasteiger partial charge in [-0.15, -0.1) is 0 Å². The van der Waals surface area contributed by atoms with E-state index in [1.54, 1.807) is 12.1 Å². The number of nitrogen functional groups attached to an aromatic ring is 1. The van der Waals surface area contributed by atoms with Gasteiger partial charge in [-0.25, -0.2) is 8.42 Å². The lowest BCUT2D eigenvalue weighted by Gasteiger charge is -2.28. The molecule has 1 aliphatic carbocycles. The molecule has 4 rings (SSSR count). The molecule has 0 spiro atoms. The third-order valence-electron chi connectivity index (χ3n) is 5.51. The Morgan fingerprint density at radius 1 is 1.00 bits per heavy atom. The van der Waals surface area contributed by atoms with Crippen LogP contribution in [0.2, 0.25) is 0 Å². The Balaban J connectivity index is 1.94. The smallest absolute Gasteiger partial charge is 0.296 e. The molecule has 178 valence electrons. The molecule has 7 N–H and O–H groups in total. The molecule has 0 aliphatic heterocycles. The van der Waals surface area contributed by atoms with Crippen LogP contribution in [0.4, 0.5) is 17.1 Å². The van der Waals surface area contributed by atoms with Crippen LogP contribution in [0.1, 0.15) is 33.2 Å². The summed E-state index contributed by atoms with van der Waals surface area (Å²) in [6.07, 6.45) is -1.44. The Hall–Kier alpha value is -3.29. The molecule has 0 amide bonds. The fourth-order valence-electron chi connectivity index (χ4n) is 3.96. The SMILES string of the molecule is NCCS(=O)(=O)c1cccc(Nc2cc(S(=O)(=O)O)c(N)c3c2C(=O)c2ccccc2C3O)c1. The van der Waals surface area contributed by atoms with Crippen molar-refractivity contribution in [2.75, 3.05) is 23.3 Å². The first-order valence-electron chi connectivity index (χ1n) is 10.0. The van der Waals surface area contributed by atoms with Gasteiger partial charge in [-0.05, 0) is 29.8 Å². The maximum Gasteiger partial charge on any atom is 0.296 e. The summed E-state index contributed by atoms with van der Waals surface area (Å²) in [5.41, 5.74) is 11.2. The summed E-state index contributed by atoms with van der Waals surface area (Å²) in [6.45, 7) is -0.0744. The zero-order valence-electron chi connectivity index (χ0n) is 17.6. The van der Waals surface area contributed by atoms with E-state index in [0.29, 0.717) is 0 Å². The molecule has 1 aliphatic rings. The van der Waals surface area contributed by atoms with Gasteiger partial charge in [0.2, 0.25) is 0 Å². The van der Waals surface area contributed by atoms with E-state index >= 15 is 0 Å². The average Bonchev–Trinajstić information content (AvgIpc) is 2.77. The number of aliphatic hydroxyl groups excluding tert-OH is 1. The predicted octanol–water partition coefficient (Wildman–Crippen LogP) is 1.62. The largest absolute Gasteiger partial charge is 0.397 e. The molecule has 1 atom stereocenters. The Morgan fingerprint density at radius 2 is 1.71 bits per heavy atom. The molecule has 0 fully saturated rings. The highest BCUT2D eigenvalue weighted by molar-refractivity contribution is 7.91. The van der Waals surface area contributed by atoms with Crippen LogP contribution < -0.4 is 16.8 Å². The monoisotopic (exact) mass is 503 g/mol. The molecule has 12 heteroatoms.